The Morgan fingerprint density at radius 2 is 1.66 bits per heavy atom. The molecule has 32 heavy (non-hydrogen) atoms. The first kappa shape index (κ1) is 19.2. The number of ether oxygens (including phenoxy) is 2. The van der Waals surface area contributed by atoms with Crippen LogP contribution in [-0.2, 0) is 25.6 Å². The van der Waals surface area contributed by atoms with E-state index in [9.17, 15) is 9.59 Å². The summed E-state index contributed by atoms with van der Waals surface area (Å²) in [6, 6.07) is 22.4. The Bertz CT molecular complexity index is 1320. The lowest BCUT2D eigenvalue weighted by Crippen LogP contribution is -2.63. The first-order valence-electron chi connectivity index (χ1n) is 10.4. The lowest BCUT2D eigenvalue weighted by Gasteiger charge is -2.44. The summed E-state index contributed by atoms with van der Waals surface area (Å²) in [7, 11) is 0. The molecule has 0 saturated carbocycles. The summed E-state index contributed by atoms with van der Waals surface area (Å²) >= 11 is 1.49. The lowest BCUT2D eigenvalue weighted by molar-refractivity contribution is -0.193. The van der Waals surface area contributed by atoms with Crippen LogP contribution in [0.4, 0.5) is 5.13 Å². The standard InChI is InChI=1S/C24H19N3O4S/c28-21-22(29)31-24(30-21)15-26(14-16-9-10-17-5-1-2-6-18(17)13-16)11-12-27(24)23-25-19-7-3-4-8-20(19)32-23/h1-10,13H,11-12,14-15H2. The number of rotatable bonds is 3. The van der Waals surface area contributed by atoms with E-state index >= 15 is 0 Å². The molecule has 3 heterocycles. The van der Waals surface area contributed by atoms with E-state index < -0.39 is 17.8 Å². The summed E-state index contributed by atoms with van der Waals surface area (Å²) in [5.74, 6) is -3.44. The van der Waals surface area contributed by atoms with Gasteiger partial charge in [0.25, 0.3) is 0 Å². The fourth-order valence-electron chi connectivity index (χ4n) is 4.37. The zero-order valence-electron chi connectivity index (χ0n) is 17.1. The smallest absolute Gasteiger partial charge is 0.394 e. The molecule has 0 unspecified atom stereocenters. The average molecular weight is 446 g/mol. The number of nitrogens with zero attached hydrogens (tertiary/aromatic N) is 3. The van der Waals surface area contributed by atoms with Gasteiger partial charge in [-0.3, -0.25) is 9.80 Å². The van der Waals surface area contributed by atoms with E-state index in [0.717, 1.165) is 15.8 Å². The maximum absolute atomic E-state index is 12.0. The summed E-state index contributed by atoms with van der Waals surface area (Å²) in [6.45, 7) is 2.11. The molecule has 7 nitrogen and oxygen atoms in total. The van der Waals surface area contributed by atoms with Crippen LogP contribution in [0.5, 0.6) is 0 Å². The molecular weight excluding hydrogens is 426 g/mol. The van der Waals surface area contributed by atoms with Crippen molar-refractivity contribution in [3.8, 4) is 0 Å². The van der Waals surface area contributed by atoms with Gasteiger partial charge in [0.1, 0.15) is 0 Å². The van der Waals surface area contributed by atoms with Crippen LogP contribution in [0.2, 0.25) is 0 Å². The third-order valence-electron chi connectivity index (χ3n) is 5.88. The molecular formula is C24H19N3O4S. The monoisotopic (exact) mass is 445 g/mol. The Morgan fingerprint density at radius 1 is 0.906 bits per heavy atom. The summed E-state index contributed by atoms with van der Waals surface area (Å²) < 4.78 is 12.1. The molecule has 0 radical (unpaired) electrons. The fraction of sp³-hybridized carbons (Fsp3) is 0.208. The van der Waals surface area contributed by atoms with Gasteiger partial charge in [0.15, 0.2) is 5.13 Å². The summed E-state index contributed by atoms with van der Waals surface area (Å²) in [5.41, 5.74) is 2.00. The van der Waals surface area contributed by atoms with E-state index in [1.165, 1.54) is 22.1 Å². The van der Waals surface area contributed by atoms with Gasteiger partial charge in [-0.2, -0.15) is 0 Å². The molecule has 2 aliphatic heterocycles. The topological polar surface area (TPSA) is 72.0 Å². The summed E-state index contributed by atoms with van der Waals surface area (Å²) in [5, 5.41) is 3.03. The van der Waals surface area contributed by atoms with Gasteiger partial charge in [-0.25, -0.2) is 14.6 Å². The number of esters is 2. The third kappa shape index (κ3) is 3.19. The van der Waals surface area contributed by atoms with Crippen molar-refractivity contribution in [2.75, 3.05) is 24.5 Å². The minimum absolute atomic E-state index is 0.243. The number of carbonyl (C=O) groups excluding carboxylic acids is 2. The van der Waals surface area contributed by atoms with Crippen LogP contribution in [-0.4, -0.2) is 47.4 Å². The maximum Gasteiger partial charge on any atom is 0.422 e. The Kier molecular flexibility index (Phi) is 4.38. The largest absolute Gasteiger partial charge is 0.422 e. The van der Waals surface area contributed by atoms with Crippen LogP contribution < -0.4 is 4.90 Å². The van der Waals surface area contributed by atoms with Crippen molar-refractivity contribution in [2.45, 2.75) is 12.5 Å². The van der Waals surface area contributed by atoms with Crippen molar-refractivity contribution in [3.63, 3.8) is 0 Å². The number of hydrogen-bond donors (Lipinski definition) is 0. The minimum atomic E-state index is -1.50. The molecule has 1 aromatic heterocycles. The first-order chi connectivity index (χ1) is 15.6. The molecule has 4 aromatic rings. The van der Waals surface area contributed by atoms with Gasteiger partial charge in [-0.15, -0.1) is 0 Å². The highest BCUT2D eigenvalue weighted by molar-refractivity contribution is 7.22. The number of para-hydroxylation sites is 1. The van der Waals surface area contributed by atoms with Crippen molar-refractivity contribution in [1.29, 1.82) is 0 Å². The van der Waals surface area contributed by atoms with Crippen LogP contribution in [0.3, 0.4) is 0 Å². The maximum atomic E-state index is 12.0. The zero-order valence-corrected chi connectivity index (χ0v) is 17.9. The Labute approximate surface area is 187 Å². The molecule has 2 saturated heterocycles. The van der Waals surface area contributed by atoms with Gasteiger partial charge in [0, 0.05) is 19.6 Å². The zero-order chi connectivity index (χ0) is 21.7. The number of piperazine rings is 1. The normalized spacial score (nSPS) is 18.4. The quantitative estimate of drug-likeness (QED) is 0.353. The number of thiazole rings is 1. The van der Waals surface area contributed by atoms with Gasteiger partial charge in [-0.05, 0) is 34.5 Å². The van der Waals surface area contributed by atoms with E-state index in [2.05, 4.69) is 35.2 Å². The highest BCUT2D eigenvalue weighted by Gasteiger charge is 2.57. The van der Waals surface area contributed by atoms with E-state index in [1.807, 2.05) is 36.4 Å². The molecule has 2 aliphatic rings. The fourth-order valence-corrected chi connectivity index (χ4v) is 5.42. The van der Waals surface area contributed by atoms with Crippen LogP contribution in [0.25, 0.3) is 21.0 Å². The second-order valence-electron chi connectivity index (χ2n) is 8.00. The third-order valence-corrected chi connectivity index (χ3v) is 6.94. The van der Waals surface area contributed by atoms with Crippen molar-refractivity contribution in [1.82, 2.24) is 9.88 Å². The summed E-state index contributed by atoms with van der Waals surface area (Å²) in [4.78, 5) is 32.7. The lowest BCUT2D eigenvalue weighted by atomic mass is 10.1. The predicted molar refractivity (Wildman–Crippen MR) is 121 cm³/mol. The summed E-state index contributed by atoms with van der Waals surface area (Å²) in [6.07, 6.45) is 0. The first-order valence-corrected chi connectivity index (χ1v) is 11.2. The molecule has 8 heteroatoms. The van der Waals surface area contributed by atoms with Gasteiger partial charge in [-0.1, -0.05) is 59.9 Å². The molecule has 0 amide bonds. The van der Waals surface area contributed by atoms with Crippen LogP contribution in [0, 0.1) is 0 Å². The number of fused-ring (bicyclic) bond motifs is 2. The second-order valence-corrected chi connectivity index (χ2v) is 9.01. The van der Waals surface area contributed by atoms with Crippen LogP contribution in [0.15, 0.2) is 66.7 Å². The second kappa shape index (κ2) is 7.29. The highest BCUT2D eigenvalue weighted by Crippen LogP contribution is 2.38. The van der Waals surface area contributed by atoms with Crippen molar-refractivity contribution in [2.24, 2.45) is 0 Å². The van der Waals surface area contributed by atoms with E-state index in [0.29, 0.717) is 24.8 Å². The predicted octanol–water partition coefficient (Wildman–Crippen LogP) is 3.53. The van der Waals surface area contributed by atoms with Crippen molar-refractivity contribution >= 4 is 49.4 Å². The Hall–Kier alpha value is -3.49. The number of benzene rings is 3. The number of anilines is 1. The molecule has 0 bridgehead atoms. The molecule has 0 atom stereocenters. The molecule has 3 aromatic carbocycles. The molecule has 160 valence electrons. The van der Waals surface area contributed by atoms with E-state index in [-0.39, 0.29) is 6.54 Å². The van der Waals surface area contributed by atoms with E-state index in [1.54, 1.807) is 4.90 Å². The van der Waals surface area contributed by atoms with Crippen LogP contribution >= 0.6 is 11.3 Å². The van der Waals surface area contributed by atoms with E-state index in [4.69, 9.17) is 14.5 Å². The van der Waals surface area contributed by atoms with Gasteiger partial charge < -0.3 is 9.47 Å². The number of aromatic nitrogens is 1. The Balaban J connectivity index is 1.31. The molecule has 0 N–H and O–H groups in total. The SMILES string of the molecule is O=C1OC2(CN(Cc3ccc4ccccc4c3)CCN2c2nc3ccccc3s2)OC1=O. The van der Waals surface area contributed by atoms with Crippen molar-refractivity contribution < 1.29 is 19.1 Å². The van der Waals surface area contributed by atoms with Gasteiger partial charge >= 0.3 is 17.8 Å². The molecule has 6 rings (SSSR count). The highest BCUT2D eigenvalue weighted by atomic mass is 32.1. The molecule has 1 spiro atoms. The Morgan fingerprint density at radius 3 is 2.47 bits per heavy atom. The number of hydrogen-bond acceptors (Lipinski definition) is 8. The van der Waals surface area contributed by atoms with Crippen molar-refractivity contribution in [3.05, 3.63) is 72.3 Å². The average Bonchev–Trinajstić information content (AvgIpc) is 3.34. The van der Waals surface area contributed by atoms with Crippen LogP contribution in [0.1, 0.15) is 5.56 Å². The van der Waals surface area contributed by atoms with Gasteiger partial charge in [0.05, 0.1) is 16.8 Å². The molecule has 0 aliphatic carbocycles. The number of carbonyl (C=O) groups is 2. The molecule has 2 fully saturated rings. The van der Waals surface area contributed by atoms with Gasteiger partial charge in [0.2, 0.25) is 0 Å². The minimum Gasteiger partial charge on any atom is -0.394 e.